The van der Waals surface area contributed by atoms with E-state index in [0.717, 1.165) is 18.2 Å². The molecule has 0 aliphatic carbocycles. The second-order valence-electron chi connectivity index (χ2n) is 7.44. The summed E-state index contributed by atoms with van der Waals surface area (Å²) in [6.07, 6.45) is -7.63. The zero-order chi connectivity index (χ0) is 25.9. The van der Waals surface area contributed by atoms with E-state index in [1.165, 1.54) is 30.3 Å². The van der Waals surface area contributed by atoms with E-state index >= 15 is 0 Å². The van der Waals surface area contributed by atoms with Gasteiger partial charge in [-0.05, 0) is 42.0 Å². The van der Waals surface area contributed by atoms with Gasteiger partial charge in [0, 0.05) is 6.08 Å². The number of nitrogens with one attached hydrogen (secondary N) is 1. The molecule has 1 saturated heterocycles. The first-order valence-corrected chi connectivity index (χ1v) is 9.95. The van der Waals surface area contributed by atoms with Crippen LogP contribution in [0.3, 0.4) is 0 Å². The van der Waals surface area contributed by atoms with Crippen molar-refractivity contribution in [3.05, 3.63) is 53.6 Å². The van der Waals surface area contributed by atoms with Crippen molar-refractivity contribution < 1.29 is 59.6 Å². The van der Waals surface area contributed by atoms with Gasteiger partial charge in [-0.25, -0.2) is 9.59 Å². The van der Waals surface area contributed by atoms with E-state index in [9.17, 15) is 45.0 Å². The normalized spacial score (nSPS) is 24.1. The summed E-state index contributed by atoms with van der Waals surface area (Å²) in [6.45, 7) is 0. The number of carboxylic acids is 1. The third-order valence-corrected chi connectivity index (χ3v) is 4.94. The van der Waals surface area contributed by atoms with Crippen LogP contribution in [-0.4, -0.2) is 84.3 Å². The Bertz CT molecular complexity index is 1160. The molecule has 13 heteroatoms. The summed E-state index contributed by atoms with van der Waals surface area (Å²) in [4.78, 5) is 36.2. The summed E-state index contributed by atoms with van der Waals surface area (Å²) in [5, 5.41) is 69.6. The molecular formula is C22H21NO12. The van der Waals surface area contributed by atoms with Crippen LogP contribution in [0.4, 0.5) is 5.69 Å². The van der Waals surface area contributed by atoms with Crippen LogP contribution >= 0.6 is 0 Å². The molecule has 186 valence electrons. The van der Waals surface area contributed by atoms with Crippen LogP contribution in [0.15, 0.2) is 42.5 Å². The summed E-state index contributed by atoms with van der Waals surface area (Å²) >= 11 is 0. The van der Waals surface area contributed by atoms with Crippen molar-refractivity contribution in [3.8, 4) is 17.2 Å². The maximum Gasteiger partial charge on any atom is 0.342 e. The van der Waals surface area contributed by atoms with Crippen molar-refractivity contribution in [3.63, 3.8) is 0 Å². The fraction of sp³-hybridized carbons (Fsp3) is 0.227. The lowest BCUT2D eigenvalue weighted by molar-refractivity contribution is -0.278. The van der Waals surface area contributed by atoms with Gasteiger partial charge in [0.05, 0.1) is 11.3 Å². The van der Waals surface area contributed by atoms with Crippen molar-refractivity contribution in [2.45, 2.75) is 30.7 Å². The molecule has 0 bridgehead atoms. The van der Waals surface area contributed by atoms with Crippen LogP contribution in [-0.2, 0) is 19.1 Å². The fourth-order valence-corrected chi connectivity index (χ4v) is 3.12. The minimum absolute atomic E-state index is 0.142. The van der Waals surface area contributed by atoms with Gasteiger partial charge in [0.15, 0.2) is 17.6 Å². The Morgan fingerprint density at radius 2 is 1.63 bits per heavy atom. The van der Waals surface area contributed by atoms with E-state index in [-0.39, 0.29) is 11.4 Å². The maximum atomic E-state index is 12.7. The molecule has 1 heterocycles. The molecule has 1 amide bonds. The van der Waals surface area contributed by atoms with Crippen LogP contribution in [0, 0.1) is 0 Å². The highest BCUT2D eigenvalue weighted by molar-refractivity contribution is 6.06. The molecule has 1 aliphatic heterocycles. The Labute approximate surface area is 196 Å². The van der Waals surface area contributed by atoms with Crippen molar-refractivity contribution >= 4 is 29.6 Å². The van der Waals surface area contributed by atoms with Crippen LogP contribution in [0.2, 0.25) is 0 Å². The first-order valence-electron chi connectivity index (χ1n) is 9.95. The molecular weight excluding hydrogens is 470 g/mol. The van der Waals surface area contributed by atoms with Gasteiger partial charge in [-0.1, -0.05) is 6.07 Å². The molecule has 3 rings (SSSR count). The average Bonchev–Trinajstić information content (AvgIpc) is 2.81. The number of rotatable bonds is 6. The number of carbonyl (C=O) groups excluding carboxylic acids is 2. The molecule has 0 radical (unpaired) electrons. The molecule has 2 aromatic carbocycles. The predicted molar refractivity (Wildman–Crippen MR) is 115 cm³/mol. The number of hydrogen-bond donors (Lipinski definition) is 8. The summed E-state index contributed by atoms with van der Waals surface area (Å²) in [5.41, 5.74) is -0.174. The van der Waals surface area contributed by atoms with E-state index in [1.807, 2.05) is 0 Å². The van der Waals surface area contributed by atoms with Gasteiger partial charge in [0.25, 0.3) is 0 Å². The molecule has 0 spiro atoms. The van der Waals surface area contributed by atoms with Gasteiger partial charge in [-0.2, -0.15) is 0 Å². The third-order valence-electron chi connectivity index (χ3n) is 4.94. The first kappa shape index (κ1) is 25.5. The van der Waals surface area contributed by atoms with Gasteiger partial charge < -0.3 is 50.5 Å². The Morgan fingerprint density at radius 3 is 2.29 bits per heavy atom. The lowest BCUT2D eigenvalue weighted by Gasteiger charge is -2.38. The van der Waals surface area contributed by atoms with Crippen molar-refractivity contribution in [2.75, 3.05) is 5.32 Å². The number of phenols is 3. The first-order chi connectivity index (χ1) is 16.5. The smallest absolute Gasteiger partial charge is 0.342 e. The molecule has 2 aromatic rings. The lowest BCUT2D eigenvalue weighted by Crippen LogP contribution is -2.60. The van der Waals surface area contributed by atoms with E-state index in [4.69, 9.17) is 14.6 Å². The van der Waals surface area contributed by atoms with Crippen LogP contribution < -0.4 is 5.32 Å². The number of hydrogen-bond acceptors (Lipinski definition) is 11. The summed E-state index contributed by atoms with van der Waals surface area (Å²) < 4.78 is 9.83. The van der Waals surface area contributed by atoms with Crippen LogP contribution in [0.25, 0.3) is 6.08 Å². The van der Waals surface area contributed by atoms with E-state index < -0.39 is 65.6 Å². The summed E-state index contributed by atoms with van der Waals surface area (Å²) in [6, 6.07) is 7.09. The standard InChI is InChI=1S/C22H21NO12/c24-10-3-4-12(23-15(27)6-2-9-1-5-13(25)14(26)7-9)11(8-10)21(33)35-22-18(30)16(28)17(29)19(34-22)20(31)32/h1-8,16-19,22,24-26,28-30H,(H,23,27)(H,31,32)/b6-2+/t16-,17-,18+,19-,22-/m0/s1. The zero-order valence-electron chi connectivity index (χ0n) is 17.7. The van der Waals surface area contributed by atoms with E-state index in [1.54, 1.807) is 0 Å². The van der Waals surface area contributed by atoms with Crippen LogP contribution in [0.1, 0.15) is 15.9 Å². The molecule has 13 nitrogen and oxygen atoms in total. The lowest BCUT2D eigenvalue weighted by atomic mass is 9.99. The average molecular weight is 491 g/mol. The highest BCUT2D eigenvalue weighted by atomic mass is 16.7. The molecule has 5 atom stereocenters. The Balaban J connectivity index is 1.76. The van der Waals surface area contributed by atoms with Crippen molar-refractivity contribution in [1.82, 2.24) is 0 Å². The monoisotopic (exact) mass is 491 g/mol. The Morgan fingerprint density at radius 1 is 0.914 bits per heavy atom. The minimum Gasteiger partial charge on any atom is -0.508 e. The Kier molecular flexibility index (Phi) is 7.56. The highest BCUT2D eigenvalue weighted by Crippen LogP contribution is 2.27. The van der Waals surface area contributed by atoms with Gasteiger partial charge in [0.2, 0.25) is 12.2 Å². The molecule has 1 aliphatic rings. The van der Waals surface area contributed by atoms with Gasteiger partial charge in [0.1, 0.15) is 24.1 Å². The second kappa shape index (κ2) is 10.4. The number of anilines is 1. The molecule has 8 N–H and O–H groups in total. The number of esters is 1. The van der Waals surface area contributed by atoms with Crippen LogP contribution in [0.5, 0.6) is 17.2 Å². The predicted octanol–water partition coefficient (Wildman–Crippen LogP) is -0.496. The van der Waals surface area contributed by atoms with Crippen molar-refractivity contribution in [2.24, 2.45) is 0 Å². The van der Waals surface area contributed by atoms with E-state index in [2.05, 4.69) is 5.32 Å². The molecule has 0 unspecified atom stereocenters. The number of phenolic OH excluding ortho intramolecular Hbond substituents is 3. The molecule has 35 heavy (non-hydrogen) atoms. The molecule has 0 saturated carbocycles. The fourth-order valence-electron chi connectivity index (χ4n) is 3.12. The zero-order valence-corrected chi connectivity index (χ0v) is 17.7. The Hall–Kier alpha value is -4.17. The SMILES string of the molecule is O=C(/C=C/c1ccc(O)c(O)c1)Nc1ccc(O)cc1C(=O)O[C@@H]1O[C@H](C(=O)O)[C@@H](O)[C@H](O)[C@H]1O. The number of ether oxygens (including phenoxy) is 2. The third kappa shape index (κ3) is 5.85. The van der Waals surface area contributed by atoms with Gasteiger partial charge in [-0.15, -0.1) is 0 Å². The number of aliphatic hydroxyl groups is 3. The maximum absolute atomic E-state index is 12.7. The van der Waals surface area contributed by atoms with Crippen molar-refractivity contribution in [1.29, 1.82) is 0 Å². The molecule has 1 fully saturated rings. The number of benzene rings is 2. The number of amides is 1. The number of aromatic hydroxyl groups is 3. The largest absolute Gasteiger partial charge is 0.508 e. The number of carboxylic acid groups (broad SMARTS) is 1. The minimum atomic E-state index is -2.00. The number of aliphatic hydroxyl groups excluding tert-OH is 3. The van der Waals surface area contributed by atoms with Gasteiger partial charge >= 0.3 is 11.9 Å². The summed E-state index contributed by atoms with van der Waals surface area (Å²) in [7, 11) is 0. The summed E-state index contributed by atoms with van der Waals surface area (Å²) in [5.74, 6) is -4.82. The van der Waals surface area contributed by atoms with E-state index in [0.29, 0.717) is 5.56 Å². The second-order valence-corrected chi connectivity index (χ2v) is 7.44. The molecule has 0 aromatic heterocycles. The highest BCUT2D eigenvalue weighted by Gasteiger charge is 2.48. The quantitative estimate of drug-likeness (QED) is 0.111. The topological polar surface area (TPSA) is 223 Å². The number of carbonyl (C=O) groups is 3. The van der Waals surface area contributed by atoms with Gasteiger partial charge in [-0.3, -0.25) is 4.79 Å². The number of aliphatic carboxylic acids is 1.